The predicted molar refractivity (Wildman–Crippen MR) is 80.2 cm³/mol. The number of imidazole rings is 1. The predicted octanol–water partition coefficient (Wildman–Crippen LogP) is 2.60. The molecular formula is C15H27N3O2. The van der Waals surface area contributed by atoms with E-state index < -0.39 is 0 Å². The number of hydrogen-bond donors (Lipinski definition) is 1. The lowest BCUT2D eigenvalue weighted by molar-refractivity contribution is 0.00662. The fraction of sp³-hybridized carbons (Fsp3) is 0.800. The van der Waals surface area contributed by atoms with E-state index in [1.807, 2.05) is 13.8 Å². The van der Waals surface area contributed by atoms with E-state index in [-0.39, 0.29) is 5.60 Å². The molecule has 5 heteroatoms. The molecular weight excluding hydrogens is 254 g/mol. The highest BCUT2D eigenvalue weighted by atomic mass is 16.5. The molecule has 1 fully saturated rings. The number of nitrogens with one attached hydrogen (secondary N) is 1. The van der Waals surface area contributed by atoms with Crippen LogP contribution in [0.15, 0.2) is 6.20 Å². The number of nitrogens with zero attached hydrogens (tertiary/aromatic N) is 2. The summed E-state index contributed by atoms with van der Waals surface area (Å²) in [5.41, 5.74) is 0.994. The summed E-state index contributed by atoms with van der Waals surface area (Å²) in [5.74, 6) is 0.940. The summed E-state index contributed by atoms with van der Waals surface area (Å²) in [6.45, 7) is 10.4. The highest BCUT2D eigenvalue weighted by molar-refractivity contribution is 5.29. The summed E-state index contributed by atoms with van der Waals surface area (Å²) in [5, 5.41) is 3.40. The van der Waals surface area contributed by atoms with E-state index in [1.54, 1.807) is 0 Å². The Labute approximate surface area is 121 Å². The first kappa shape index (κ1) is 15.3. The number of ether oxygens (including phenoxy) is 2. The van der Waals surface area contributed by atoms with Gasteiger partial charge in [0.15, 0.2) is 0 Å². The lowest BCUT2D eigenvalue weighted by Crippen LogP contribution is -2.30. The van der Waals surface area contributed by atoms with Crippen LogP contribution < -0.4 is 5.32 Å². The second-order valence-electron chi connectivity index (χ2n) is 5.71. The summed E-state index contributed by atoms with van der Waals surface area (Å²) in [4.78, 5) is 4.56. The van der Waals surface area contributed by atoms with Gasteiger partial charge in [-0.25, -0.2) is 4.98 Å². The van der Waals surface area contributed by atoms with Crippen molar-refractivity contribution in [2.75, 3.05) is 31.7 Å². The standard InChI is InChI=1S/C15H27N3O2/c1-4-19-9-6-8-16-14-17-13(2)11-18(14)12-15(3)7-5-10-20-15/h11H,4-10,12H2,1-3H3,(H,16,17). The van der Waals surface area contributed by atoms with Gasteiger partial charge in [-0.1, -0.05) is 0 Å². The molecule has 1 unspecified atom stereocenters. The Kier molecular flexibility index (Phi) is 5.43. The van der Waals surface area contributed by atoms with Crippen LogP contribution >= 0.6 is 0 Å². The maximum Gasteiger partial charge on any atom is 0.203 e. The van der Waals surface area contributed by atoms with Crippen LogP contribution in [0.1, 0.15) is 38.8 Å². The summed E-state index contributed by atoms with van der Waals surface area (Å²) in [6.07, 6.45) is 5.36. The summed E-state index contributed by atoms with van der Waals surface area (Å²) in [7, 11) is 0. The molecule has 0 aliphatic carbocycles. The van der Waals surface area contributed by atoms with Crippen molar-refractivity contribution in [3.63, 3.8) is 0 Å². The maximum atomic E-state index is 5.87. The van der Waals surface area contributed by atoms with Gasteiger partial charge in [0, 0.05) is 32.6 Å². The third kappa shape index (κ3) is 4.21. The van der Waals surface area contributed by atoms with Gasteiger partial charge >= 0.3 is 0 Å². The van der Waals surface area contributed by atoms with Crippen molar-refractivity contribution in [3.8, 4) is 0 Å². The minimum Gasteiger partial charge on any atom is -0.382 e. The average molecular weight is 281 g/mol. The van der Waals surface area contributed by atoms with Crippen molar-refractivity contribution in [1.82, 2.24) is 9.55 Å². The third-order valence-electron chi connectivity index (χ3n) is 3.65. The van der Waals surface area contributed by atoms with Gasteiger partial charge in [-0.3, -0.25) is 0 Å². The Hall–Kier alpha value is -1.07. The van der Waals surface area contributed by atoms with Gasteiger partial charge in [0.05, 0.1) is 17.8 Å². The van der Waals surface area contributed by atoms with Crippen molar-refractivity contribution in [2.24, 2.45) is 0 Å². The lowest BCUT2D eigenvalue weighted by atomic mass is 10.0. The van der Waals surface area contributed by atoms with Crippen LogP contribution in [-0.4, -0.2) is 41.5 Å². The molecule has 2 rings (SSSR count). The minimum atomic E-state index is -0.0467. The van der Waals surface area contributed by atoms with Gasteiger partial charge in [0.1, 0.15) is 0 Å². The topological polar surface area (TPSA) is 48.3 Å². The molecule has 1 N–H and O–H groups in total. The van der Waals surface area contributed by atoms with Crippen molar-refractivity contribution >= 4 is 5.95 Å². The summed E-state index contributed by atoms with van der Waals surface area (Å²) in [6, 6.07) is 0. The molecule has 0 amide bonds. The SMILES string of the molecule is CCOCCCNc1nc(C)cn1CC1(C)CCCO1. The number of aromatic nitrogens is 2. The smallest absolute Gasteiger partial charge is 0.203 e. The van der Waals surface area contributed by atoms with E-state index in [1.165, 1.54) is 0 Å². The lowest BCUT2D eigenvalue weighted by Gasteiger charge is -2.24. The molecule has 114 valence electrons. The minimum absolute atomic E-state index is 0.0467. The van der Waals surface area contributed by atoms with E-state index in [2.05, 4.69) is 28.0 Å². The average Bonchev–Trinajstić information content (AvgIpc) is 2.96. The van der Waals surface area contributed by atoms with Crippen LogP contribution in [0.5, 0.6) is 0 Å². The molecule has 1 aromatic rings. The Balaban J connectivity index is 1.88. The summed E-state index contributed by atoms with van der Waals surface area (Å²) < 4.78 is 13.4. The molecule has 1 aliphatic rings. The Morgan fingerprint density at radius 1 is 1.55 bits per heavy atom. The van der Waals surface area contributed by atoms with Crippen LogP contribution in [0, 0.1) is 6.92 Å². The van der Waals surface area contributed by atoms with E-state index in [4.69, 9.17) is 9.47 Å². The normalized spacial score (nSPS) is 22.4. The molecule has 0 saturated carbocycles. The molecule has 0 radical (unpaired) electrons. The highest BCUT2D eigenvalue weighted by Crippen LogP contribution is 2.28. The van der Waals surface area contributed by atoms with E-state index >= 15 is 0 Å². The molecule has 1 aliphatic heterocycles. The largest absolute Gasteiger partial charge is 0.382 e. The first-order valence-electron chi connectivity index (χ1n) is 7.62. The Bertz CT molecular complexity index is 411. The Morgan fingerprint density at radius 2 is 2.40 bits per heavy atom. The molecule has 1 atom stereocenters. The molecule has 1 aromatic heterocycles. The molecule has 0 bridgehead atoms. The van der Waals surface area contributed by atoms with Crippen LogP contribution in [0.3, 0.4) is 0 Å². The first-order chi connectivity index (χ1) is 9.63. The second kappa shape index (κ2) is 7.09. The number of rotatable bonds is 8. The Morgan fingerprint density at radius 3 is 3.10 bits per heavy atom. The van der Waals surface area contributed by atoms with Crippen LogP contribution in [-0.2, 0) is 16.0 Å². The fourth-order valence-electron chi connectivity index (χ4n) is 2.65. The maximum absolute atomic E-state index is 5.87. The quantitative estimate of drug-likeness (QED) is 0.744. The number of hydrogen-bond acceptors (Lipinski definition) is 4. The van der Waals surface area contributed by atoms with Gasteiger partial charge in [0.2, 0.25) is 5.95 Å². The van der Waals surface area contributed by atoms with Crippen molar-refractivity contribution < 1.29 is 9.47 Å². The molecule has 0 aromatic carbocycles. The zero-order valence-corrected chi connectivity index (χ0v) is 12.9. The van der Waals surface area contributed by atoms with Crippen molar-refractivity contribution in [2.45, 2.75) is 52.2 Å². The second-order valence-corrected chi connectivity index (χ2v) is 5.71. The van der Waals surface area contributed by atoms with Crippen molar-refractivity contribution in [1.29, 1.82) is 0 Å². The zero-order valence-electron chi connectivity index (χ0n) is 12.9. The number of anilines is 1. The van der Waals surface area contributed by atoms with Gasteiger partial charge < -0.3 is 19.4 Å². The van der Waals surface area contributed by atoms with Gasteiger partial charge in [-0.2, -0.15) is 0 Å². The van der Waals surface area contributed by atoms with Crippen molar-refractivity contribution in [3.05, 3.63) is 11.9 Å². The van der Waals surface area contributed by atoms with E-state index in [9.17, 15) is 0 Å². The van der Waals surface area contributed by atoms with Crippen LogP contribution in [0.2, 0.25) is 0 Å². The molecule has 20 heavy (non-hydrogen) atoms. The summed E-state index contributed by atoms with van der Waals surface area (Å²) >= 11 is 0. The molecule has 2 heterocycles. The van der Waals surface area contributed by atoms with E-state index in [0.717, 1.165) is 63.8 Å². The van der Waals surface area contributed by atoms with Gasteiger partial charge in [-0.15, -0.1) is 0 Å². The monoisotopic (exact) mass is 281 g/mol. The molecule has 1 saturated heterocycles. The third-order valence-corrected chi connectivity index (χ3v) is 3.65. The molecule has 0 spiro atoms. The van der Waals surface area contributed by atoms with Crippen LogP contribution in [0.4, 0.5) is 5.95 Å². The zero-order chi connectivity index (χ0) is 14.4. The first-order valence-corrected chi connectivity index (χ1v) is 7.62. The fourth-order valence-corrected chi connectivity index (χ4v) is 2.65. The van der Waals surface area contributed by atoms with Crippen LogP contribution in [0.25, 0.3) is 0 Å². The number of aryl methyl sites for hydroxylation is 1. The van der Waals surface area contributed by atoms with Gasteiger partial charge in [-0.05, 0) is 40.0 Å². The molecule has 5 nitrogen and oxygen atoms in total. The van der Waals surface area contributed by atoms with Gasteiger partial charge in [0.25, 0.3) is 0 Å². The highest BCUT2D eigenvalue weighted by Gasteiger charge is 2.30. The van der Waals surface area contributed by atoms with E-state index in [0.29, 0.717) is 0 Å².